The molecule has 17 nitrogen and oxygen atoms in total. The number of esters is 4. The van der Waals surface area contributed by atoms with Crippen molar-refractivity contribution in [3.8, 4) is 0 Å². The summed E-state index contributed by atoms with van der Waals surface area (Å²) in [7, 11) is -9.92. The fraction of sp³-hybridized carbons (Fsp3) is 0.836. The van der Waals surface area contributed by atoms with Gasteiger partial charge in [-0.15, -0.1) is 0 Å². The normalized spacial score (nSPS) is 14.3. The van der Waals surface area contributed by atoms with Gasteiger partial charge in [0, 0.05) is 25.7 Å². The molecule has 0 spiro atoms. The molecule has 0 amide bonds. The molecule has 0 rings (SSSR count). The molecule has 92 heavy (non-hydrogen) atoms. The lowest BCUT2D eigenvalue weighted by atomic mass is 10.1. The molecule has 538 valence electrons. The van der Waals surface area contributed by atoms with Gasteiger partial charge in [0.15, 0.2) is 12.2 Å². The van der Waals surface area contributed by atoms with Crippen LogP contribution in [-0.4, -0.2) is 96.7 Å². The summed E-state index contributed by atoms with van der Waals surface area (Å²) >= 11 is 0. The van der Waals surface area contributed by atoms with Crippen LogP contribution in [0.2, 0.25) is 0 Å². The Hall–Kier alpha value is -2.98. The second-order valence-corrected chi connectivity index (χ2v) is 27.8. The van der Waals surface area contributed by atoms with Crippen molar-refractivity contribution in [2.75, 3.05) is 39.6 Å². The van der Waals surface area contributed by atoms with E-state index in [2.05, 4.69) is 76.3 Å². The largest absolute Gasteiger partial charge is 0.472 e. The molecule has 0 aliphatic rings. The van der Waals surface area contributed by atoms with Gasteiger partial charge in [-0.25, -0.2) is 9.13 Å². The topological polar surface area (TPSA) is 237 Å². The second-order valence-electron chi connectivity index (χ2n) is 24.9. The highest BCUT2D eigenvalue weighted by Gasteiger charge is 2.30. The van der Waals surface area contributed by atoms with E-state index in [1.165, 1.54) is 103 Å². The van der Waals surface area contributed by atoms with E-state index in [-0.39, 0.29) is 25.7 Å². The Labute approximate surface area is 559 Å². The van der Waals surface area contributed by atoms with Gasteiger partial charge in [0.05, 0.1) is 26.4 Å². The van der Waals surface area contributed by atoms with E-state index in [1.54, 1.807) is 0 Å². The number of phosphoric ester groups is 2. The van der Waals surface area contributed by atoms with E-state index >= 15 is 0 Å². The molecule has 0 radical (unpaired) electrons. The van der Waals surface area contributed by atoms with Crippen LogP contribution in [0.5, 0.6) is 0 Å². The van der Waals surface area contributed by atoms with Crippen LogP contribution in [0.15, 0.2) is 48.6 Å². The molecule has 5 atom stereocenters. The maximum absolute atomic E-state index is 13.0. The zero-order valence-electron chi connectivity index (χ0n) is 58.5. The highest BCUT2D eigenvalue weighted by atomic mass is 31.2. The van der Waals surface area contributed by atoms with E-state index < -0.39 is 97.5 Å². The van der Waals surface area contributed by atoms with Crippen molar-refractivity contribution in [2.24, 2.45) is 0 Å². The Morgan fingerprint density at radius 1 is 0.315 bits per heavy atom. The Morgan fingerprint density at radius 3 is 0.891 bits per heavy atom. The number of carbonyl (C=O) groups excluding carboxylic acids is 4. The van der Waals surface area contributed by atoms with Crippen LogP contribution in [0.3, 0.4) is 0 Å². The first-order chi connectivity index (χ1) is 44.7. The van der Waals surface area contributed by atoms with Crippen LogP contribution in [0, 0.1) is 0 Å². The number of ether oxygens (including phenoxy) is 4. The van der Waals surface area contributed by atoms with E-state index in [4.69, 9.17) is 37.0 Å². The van der Waals surface area contributed by atoms with Gasteiger partial charge in [-0.3, -0.25) is 37.3 Å². The summed E-state index contributed by atoms with van der Waals surface area (Å²) in [6.07, 6.45) is 61.1. The van der Waals surface area contributed by atoms with Crippen molar-refractivity contribution < 1.29 is 80.2 Å². The summed E-state index contributed by atoms with van der Waals surface area (Å²) in [5.74, 6) is -2.16. The molecule has 0 saturated carbocycles. The minimum atomic E-state index is -4.96. The first-order valence-electron chi connectivity index (χ1n) is 36.9. The summed E-state index contributed by atoms with van der Waals surface area (Å²) in [4.78, 5) is 72.6. The number of aliphatic hydroxyl groups is 1. The van der Waals surface area contributed by atoms with Crippen LogP contribution in [-0.2, 0) is 65.4 Å². The zero-order chi connectivity index (χ0) is 67.5. The molecular formula is C73H134O17P2. The Balaban J connectivity index is 5.26. The minimum Gasteiger partial charge on any atom is -0.462 e. The third-order valence-corrected chi connectivity index (χ3v) is 17.7. The van der Waals surface area contributed by atoms with Crippen molar-refractivity contribution >= 4 is 39.5 Å². The van der Waals surface area contributed by atoms with Crippen molar-refractivity contribution in [1.82, 2.24) is 0 Å². The van der Waals surface area contributed by atoms with Gasteiger partial charge in [0.1, 0.15) is 19.3 Å². The van der Waals surface area contributed by atoms with E-state index in [1.807, 2.05) is 0 Å². The quantitative estimate of drug-likeness (QED) is 0.0169. The van der Waals surface area contributed by atoms with Crippen LogP contribution in [0.1, 0.15) is 336 Å². The molecule has 0 aromatic carbocycles. The molecule has 0 bridgehead atoms. The summed E-state index contributed by atoms with van der Waals surface area (Å²) < 4.78 is 68.3. The molecule has 0 aliphatic heterocycles. The number of hydrogen-bond donors (Lipinski definition) is 3. The van der Waals surface area contributed by atoms with E-state index in [0.29, 0.717) is 25.7 Å². The van der Waals surface area contributed by atoms with Crippen LogP contribution >= 0.6 is 15.6 Å². The van der Waals surface area contributed by atoms with Crippen molar-refractivity contribution in [3.63, 3.8) is 0 Å². The zero-order valence-corrected chi connectivity index (χ0v) is 60.3. The fourth-order valence-corrected chi connectivity index (χ4v) is 11.8. The number of rotatable bonds is 70. The summed E-state index contributed by atoms with van der Waals surface area (Å²) in [6, 6.07) is 0. The number of aliphatic hydroxyl groups excluding tert-OH is 1. The molecule has 0 saturated heterocycles. The lowest BCUT2D eigenvalue weighted by Crippen LogP contribution is -2.30. The minimum absolute atomic E-state index is 0.0993. The Morgan fingerprint density at radius 2 is 0.565 bits per heavy atom. The van der Waals surface area contributed by atoms with Gasteiger partial charge >= 0.3 is 39.5 Å². The highest BCUT2D eigenvalue weighted by Crippen LogP contribution is 2.45. The number of carbonyl (C=O) groups is 4. The number of allylic oxidation sites excluding steroid dienone is 8. The summed E-state index contributed by atoms with van der Waals surface area (Å²) in [5, 5.41) is 10.6. The molecule has 0 aromatic rings. The standard InChI is InChI=1S/C73H134O17P2/c1-5-9-13-17-21-25-29-31-32-33-34-36-40-42-46-50-54-58-71(76)84-64-69(90-73(78)60-56-52-48-44-38-28-24-20-16-12-8-4)66-88-92(81,82)86-62-67(74)61-85-91(79,80)87-65-68(89-72(77)59-55-51-47-43-37-27-23-19-15-11-7-3)63-83-70(75)57-53-49-45-41-39-35-30-26-22-18-14-10-6-2/h9,13,21,25-26,30-32,67-69,74H,5-8,10-12,14-20,22-24,27-29,33-66H2,1-4H3,(H,79,80)(H,81,82)/b13-9-,25-21-,30-26-,32-31-. The van der Waals surface area contributed by atoms with Crippen molar-refractivity contribution in [2.45, 2.75) is 354 Å². The number of unbranched alkanes of at least 4 members (excludes halogenated alkanes) is 36. The maximum atomic E-state index is 13.0. The summed E-state index contributed by atoms with van der Waals surface area (Å²) in [5.41, 5.74) is 0. The predicted octanol–water partition coefficient (Wildman–Crippen LogP) is 20.6. The molecule has 0 heterocycles. The predicted molar refractivity (Wildman–Crippen MR) is 372 cm³/mol. The average molecular weight is 1350 g/mol. The van der Waals surface area contributed by atoms with E-state index in [0.717, 1.165) is 154 Å². The molecule has 0 fully saturated rings. The van der Waals surface area contributed by atoms with Crippen LogP contribution in [0.25, 0.3) is 0 Å². The molecular weight excluding hydrogens is 1210 g/mol. The third-order valence-electron chi connectivity index (χ3n) is 15.8. The monoisotopic (exact) mass is 1340 g/mol. The smallest absolute Gasteiger partial charge is 0.462 e. The second kappa shape index (κ2) is 66.6. The molecule has 19 heteroatoms. The average Bonchev–Trinajstić information content (AvgIpc) is 2.31. The van der Waals surface area contributed by atoms with E-state index in [9.17, 15) is 43.2 Å². The SMILES string of the molecule is CC/C=C\C/C=C\C/C=C\CCCCCCCCCC(=O)OCC(COP(=O)(O)OCC(O)COP(=O)(O)OCC(COC(=O)CCCCCCC/C=C\CCCCCC)OC(=O)CCCCCCCCCCCCC)OC(=O)CCCCCCCCCCCCC. The van der Waals surface area contributed by atoms with Gasteiger partial charge in [-0.1, -0.05) is 275 Å². The van der Waals surface area contributed by atoms with Gasteiger partial charge < -0.3 is 33.8 Å². The van der Waals surface area contributed by atoms with Crippen LogP contribution < -0.4 is 0 Å². The lowest BCUT2D eigenvalue weighted by molar-refractivity contribution is -0.161. The van der Waals surface area contributed by atoms with Gasteiger partial charge in [0.25, 0.3) is 0 Å². The van der Waals surface area contributed by atoms with Crippen molar-refractivity contribution in [1.29, 1.82) is 0 Å². The first-order valence-corrected chi connectivity index (χ1v) is 39.9. The third kappa shape index (κ3) is 65.7. The Bertz CT molecular complexity index is 1940. The molecule has 5 unspecified atom stereocenters. The highest BCUT2D eigenvalue weighted by molar-refractivity contribution is 7.47. The first kappa shape index (κ1) is 89.0. The summed E-state index contributed by atoms with van der Waals surface area (Å²) in [6.45, 7) is 4.76. The van der Waals surface area contributed by atoms with Gasteiger partial charge in [-0.2, -0.15) is 0 Å². The Kier molecular flexibility index (Phi) is 64.5. The van der Waals surface area contributed by atoms with Gasteiger partial charge in [-0.05, 0) is 83.5 Å². The number of hydrogen-bond acceptors (Lipinski definition) is 15. The molecule has 0 aliphatic carbocycles. The maximum Gasteiger partial charge on any atom is 0.472 e. The van der Waals surface area contributed by atoms with Gasteiger partial charge in [0.2, 0.25) is 0 Å². The number of phosphoric acid groups is 2. The van der Waals surface area contributed by atoms with Crippen LogP contribution in [0.4, 0.5) is 0 Å². The molecule has 0 aromatic heterocycles. The van der Waals surface area contributed by atoms with Crippen molar-refractivity contribution in [3.05, 3.63) is 48.6 Å². The molecule has 3 N–H and O–H groups in total. The lowest BCUT2D eigenvalue weighted by Gasteiger charge is -2.21. The fourth-order valence-electron chi connectivity index (χ4n) is 10.2.